The molecule has 2 aromatic heterocycles. The van der Waals surface area contributed by atoms with Crippen LogP contribution in [-0.2, 0) is 13.0 Å². The zero-order valence-electron chi connectivity index (χ0n) is 26.6. The molecule has 3 heterocycles. The Bertz CT molecular complexity index is 1950. The van der Waals surface area contributed by atoms with E-state index in [1.807, 2.05) is 27.7 Å². The van der Waals surface area contributed by atoms with Crippen LogP contribution in [0.15, 0.2) is 57.0 Å². The van der Waals surface area contributed by atoms with E-state index < -0.39 is 22.9 Å². The average molecular weight is 667 g/mol. The molecule has 1 saturated carbocycles. The minimum Gasteiger partial charge on any atom is -0.477 e. The molecule has 0 amide bonds. The highest BCUT2D eigenvalue weighted by molar-refractivity contribution is 5.93. The van der Waals surface area contributed by atoms with Crippen molar-refractivity contribution in [1.29, 1.82) is 0 Å². The average Bonchev–Trinajstić information content (AvgIpc) is 3.87. The smallest absolute Gasteiger partial charge is 0.341 e. The number of benzene rings is 2. The summed E-state index contributed by atoms with van der Waals surface area (Å²) in [5.74, 6) is -1.49. The summed E-state index contributed by atoms with van der Waals surface area (Å²) in [5.41, 5.74) is 2.36. The maximum atomic E-state index is 15.3. The number of H-pyrrole nitrogens is 1. The van der Waals surface area contributed by atoms with Gasteiger partial charge in [-0.05, 0) is 81.0 Å². The van der Waals surface area contributed by atoms with Crippen LogP contribution in [0.1, 0.15) is 60.1 Å². The maximum absolute atomic E-state index is 15.3. The molecule has 1 aliphatic carbocycles. The fourth-order valence-corrected chi connectivity index (χ4v) is 6.31. The Kier molecular flexibility index (Phi) is 10.2. The van der Waals surface area contributed by atoms with Crippen molar-refractivity contribution >= 4 is 46.5 Å². The predicted molar refractivity (Wildman–Crippen MR) is 184 cm³/mol. The highest BCUT2D eigenvalue weighted by Crippen LogP contribution is 2.38. The molecule has 0 bridgehead atoms. The number of anilines is 3. The number of aromatic amines is 1. The van der Waals surface area contributed by atoms with E-state index in [1.54, 1.807) is 6.07 Å². The third-order valence-electron chi connectivity index (χ3n) is 9.12. The van der Waals surface area contributed by atoms with E-state index in [0.717, 1.165) is 37.9 Å². The summed E-state index contributed by atoms with van der Waals surface area (Å²) >= 11 is 0. The lowest BCUT2D eigenvalue weighted by atomic mass is 10.1. The number of halogens is 2. The van der Waals surface area contributed by atoms with Gasteiger partial charge in [-0.15, -0.1) is 12.4 Å². The molecule has 250 valence electrons. The number of aromatic nitrogens is 3. The summed E-state index contributed by atoms with van der Waals surface area (Å²) in [4.78, 5) is 56.9. The number of nitrogens with one attached hydrogen (secondary N) is 2. The van der Waals surface area contributed by atoms with E-state index >= 15 is 4.39 Å². The number of piperazine rings is 1. The summed E-state index contributed by atoms with van der Waals surface area (Å²) in [6.45, 7) is 7.85. The Morgan fingerprint density at radius 1 is 1.02 bits per heavy atom. The molecule has 0 unspecified atom stereocenters. The third-order valence-corrected chi connectivity index (χ3v) is 9.12. The number of carboxylic acids is 1. The fraction of sp³-hybridized carbons (Fsp3) is 0.412. The second-order valence-electron chi connectivity index (χ2n) is 12.3. The minimum atomic E-state index is -1.31. The minimum absolute atomic E-state index is 0. The molecule has 4 aromatic rings. The van der Waals surface area contributed by atoms with Gasteiger partial charge in [-0.2, -0.15) is 0 Å². The van der Waals surface area contributed by atoms with Gasteiger partial charge in [0.1, 0.15) is 17.2 Å². The van der Waals surface area contributed by atoms with Gasteiger partial charge in [0.15, 0.2) is 0 Å². The topological polar surface area (TPSA) is 133 Å². The van der Waals surface area contributed by atoms with Crippen molar-refractivity contribution in [3.63, 3.8) is 0 Å². The molecule has 47 heavy (non-hydrogen) atoms. The molecule has 3 N–H and O–H groups in total. The molecular weight excluding hydrogens is 627 g/mol. The summed E-state index contributed by atoms with van der Waals surface area (Å²) in [6, 6.07) is 10.3. The Morgan fingerprint density at radius 3 is 2.40 bits per heavy atom. The van der Waals surface area contributed by atoms with Crippen LogP contribution in [0.3, 0.4) is 0 Å². The lowest BCUT2D eigenvalue weighted by Crippen LogP contribution is -2.47. The monoisotopic (exact) mass is 666 g/mol. The van der Waals surface area contributed by atoms with Crippen molar-refractivity contribution in [3.05, 3.63) is 96.2 Å². The molecule has 6 rings (SSSR count). The summed E-state index contributed by atoms with van der Waals surface area (Å²) < 4.78 is 18.3. The zero-order chi connectivity index (χ0) is 32.5. The Balaban J connectivity index is 0.00000433. The number of rotatable bonds is 11. The molecule has 2 aliphatic rings. The number of carboxylic acid groups (broad SMARTS) is 1. The fourth-order valence-electron chi connectivity index (χ4n) is 6.31. The van der Waals surface area contributed by atoms with Crippen LogP contribution in [-0.4, -0.2) is 62.8 Å². The maximum Gasteiger partial charge on any atom is 0.341 e. The van der Waals surface area contributed by atoms with Gasteiger partial charge < -0.3 is 19.9 Å². The number of unbranched alkanes of at least 4 members (excludes halogenated alkanes) is 1. The van der Waals surface area contributed by atoms with Crippen molar-refractivity contribution in [3.8, 4) is 0 Å². The van der Waals surface area contributed by atoms with Crippen LogP contribution in [0.25, 0.3) is 10.9 Å². The molecule has 2 aromatic carbocycles. The number of hydrogen-bond donors (Lipinski definition) is 3. The summed E-state index contributed by atoms with van der Waals surface area (Å²) in [5, 5.41) is 12.7. The quantitative estimate of drug-likeness (QED) is 0.197. The molecule has 0 spiro atoms. The number of fused-ring (bicyclic) bond motifs is 1. The first-order chi connectivity index (χ1) is 22.1. The normalized spacial score (nSPS) is 15.1. The first kappa shape index (κ1) is 33.9. The van der Waals surface area contributed by atoms with Crippen LogP contribution in [0.4, 0.5) is 21.6 Å². The molecule has 0 radical (unpaired) electrons. The molecule has 1 aliphatic heterocycles. The van der Waals surface area contributed by atoms with Crippen LogP contribution in [0.5, 0.6) is 0 Å². The number of nitrogens with zero attached hydrogens (tertiary/aromatic N) is 4. The van der Waals surface area contributed by atoms with E-state index in [4.69, 9.17) is 0 Å². The first-order valence-electron chi connectivity index (χ1n) is 15.9. The van der Waals surface area contributed by atoms with E-state index in [-0.39, 0.29) is 35.0 Å². The van der Waals surface area contributed by atoms with E-state index in [9.17, 15) is 24.3 Å². The molecule has 0 atom stereocenters. The van der Waals surface area contributed by atoms with E-state index in [0.29, 0.717) is 56.2 Å². The van der Waals surface area contributed by atoms with Crippen molar-refractivity contribution in [2.75, 3.05) is 42.9 Å². The van der Waals surface area contributed by atoms with E-state index in [2.05, 4.69) is 29.0 Å². The second-order valence-corrected chi connectivity index (χ2v) is 12.3. The predicted octanol–water partition coefficient (Wildman–Crippen LogP) is 4.66. The first-order valence-corrected chi connectivity index (χ1v) is 15.9. The van der Waals surface area contributed by atoms with Crippen molar-refractivity contribution < 1.29 is 14.3 Å². The molecule has 2 fully saturated rings. The van der Waals surface area contributed by atoms with Crippen molar-refractivity contribution in [2.24, 2.45) is 0 Å². The van der Waals surface area contributed by atoms with Crippen molar-refractivity contribution in [2.45, 2.75) is 58.5 Å². The number of pyridine rings is 1. The van der Waals surface area contributed by atoms with Gasteiger partial charge in [-0.3, -0.25) is 24.0 Å². The highest BCUT2D eigenvalue weighted by Gasteiger charge is 2.28. The Labute approximate surface area is 277 Å². The summed E-state index contributed by atoms with van der Waals surface area (Å²) in [7, 11) is 0. The molecular formula is C34H40ClFN6O5. The van der Waals surface area contributed by atoms with E-state index in [1.165, 1.54) is 34.0 Å². The molecule has 11 nitrogen and oxygen atoms in total. The highest BCUT2D eigenvalue weighted by atomic mass is 35.5. The van der Waals surface area contributed by atoms with Crippen molar-refractivity contribution in [1.82, 2.24) is 19.0 Å². The van der Waals surface area contributed by atoms with Crippen LogP contribution < -0.4 is 26.9 Å². The van der Waals surface area contributed by atoms with Gasteiger partial charge in [-0.25, -0.2) is 14.0 Å². The van der Waals surface area contributed by atoms with Gasteiger partial charge in [0.2, 0.25) is 5.43 Å². The van der Waals surface area contributed by atoms with Crippen LogP contribution in [0.2, 0.25) is 0 Å². The van der Waals surface area contributed by atoms with Crippen LogP contribution in [0, 0.1) is 12.7 Å². The van der Waals surface area contributed by atoms with Gasteiger partial charge in [-0.1, -0.05) is 13.0 Å². The summed E-state index contributed by atoms with van der Waals surface area (Å²) in [6.07, 6.45) is 5.51. The second kappa shape index (κ2) is 14.1. The Morgan fingerprint density at radius 2 is 1.74 bits per heavy atom. The molecule has 13 heteroatoms. The van der Waals surface area contributed by atoms with Gasteiger partial charge in [0.05, 0.1) is 11.2 Å². The van der Waals surface area contributed by atoms with Crippen LogP contribution >= 0.6 is 12.4 Å². The SMILES string of the molecule is CCc1cc(Nc2cc(=O)n(CCCCN3CCN(c4cc5c(cc4F)c(=O)c(C(=O)O)cn5C4CC4)CC3)c(=O)[nH]2)ccc1C.Cl. The van der Waals surface area contributed by atoms with Gasteiger partial charge in [0, 0.05) is 62.1 Å². The van der Waals surface area contributed by atoms with Gasteiger partial charge >= 0.3 is 11.7 Å². The number of aryl methyl sites for hydroxylation is 2. The third kappa shape index (κ3) is 7.28. The van der Waals surface area contributed by atoms with Gasteiger partial charge in [0.25, 0.3) is 5.56 Å². The zero-order valence-corrected chi connectivity index (χ0v) is 27.4. The largest absolute Gasteiger partial charge is 0.477 e. The Hall–Kier alpha value is -4.42. The molecule has 1 saturated heterocycles. The number of hydrogen-bond acceptors (Lipinski definition) is 7. The number of aromatic carboxylic acids is 1. The lowest BCUT2D eigenvalue weighted by Gasteiger charge is -2.36. The standard InChI is InChI=1S/C34H39FN6O5.ClH/c1-3-22-16-23(7-6-21(22)2)36-30-19-31(42)40(34(46)37-30)11-5-4-10-38-12-14-39(15-13-38)29-18-28-25(17-27(29)35)32(43)26(33(44)45)20-41(28)24-8-9-24;/h6-7,16-20,24,36H,3-5,8-15H2,1-2H3,(H,37,46)(H,44,45);1H. The number of carbonyl (C=O) groups is 1. The lowest BCUT2D eigenvalue weighted by molar-refractivity contribution is 0.0695.